The molecule has 1 aliphatic rings. The minimum atomic E-state index is -0.784. The molecular weight excluding hydrogens is 333 g/mol. The summed E-state index contributed by atoms with van der Waals surface area (Å²) in [4.78, 5) is 24.6. The maximum Gasteiger partial charge on any atom is 0.348 e. The van der Waals surface area contributed by atoms with Gasteiger partial charge in [-0.1, -0.05) is 42.5 Å². The molecule has 1 saturated carbocycles. The summed E-state index contributed by atoms with van der Waals surface area (Å²) in [6.07, 6.45) is 2.13. The predicted molar refractivity (Wildman–Crippen MR) is 98.0 cm³/mol. The van der Waals surface area contributed by atoms with Gasteiger partial charge in [0, 0.05) is 5.39 Å². The first-order valence-corrected chi connectivity index (χ1v) is 8.64. The highest BCUT2D eigenvalue weighted by molar-refractivity contribution is 6.10. The highest BCUT2D eigenvalue weighted by Gasteiger charge is 2.34. The molecule has 1 aromatic heterocycles. The lowest BCUT2D eigenvalue weighted by atomic mass is 10.0. The maximum absolute atomic E-state index is 14.1. The predicted octanol–water partition coefficient (Wildman–Crippen LogP) is 4.70. The molecule has 4 nitrogen and oxygen atoms in total. The van der Waals surface area contributed by atoms with Gasteiger partial charge < -0.3 is 9.73 Å². The van der Waals surface area contributed by atoms with Crippen molar-refractivity contribution >= 4 is 22.4 Å². The highest BCUT2D eigenvalue weighted by Crippen LogP contribution is 2.43. The van der Waals surface area contributed by atoms with Crippen LogP contribution in [-0.4, -0.2) is 5.78 Å². The number of carbonyl (C=O) groups excluding carboxylic acids is 1. The largest absolute Gasteiger partial charge is 0.405 e. The first-order valence-electron chi connectivity index (χ1n) is 8.64. The summed E-state index contributed by atoms with van der Waals surface area (Å²) < 4.78 is 19.5. The quantitative estimate of drug-likeness (QED) is 0.677. The van der Waals surface area contributed by atoms with Gasteiger partial charge in [0.2, 0.25) is 5.88 Å². The van der Waals surface area contributed by atoms with Crippen LogP contribution in [0.15, 0.2) is 57.7 Å². The Balaban J connectivity index is 1.87. The van der Waals surface area contributed by atoms with Gasteiger partial charge in [-0.05, 0) is 37.3 Å². The van der Waals surface area contributed by atoms with Crippen molar-refractivity contribution in [2.24, 2.45) is 5.92 Å². The van der Waals surface area contributed by atoms with E-state index in [9.17, 15) is 14.0 Å². The average Bonchev–Trinajstić information content (AvgIpc) is 3.45. The third-order valence-electron chi connectivity index (χ3n) is 4.80. The second-order valence-electron chi connectivity index (χ2n) is 6.68. The van der Waals surface area contributed by atoms with Crippen LogP contribution in [0.2, 0.25) is 0 Å². The Labute approximate surface area is 149 Å². The van der Waals surface area contributed by atoms with Gasteiger partial charge in [-0.25, -0.2) is 9.18 Å². The molecule has 1 unspecified atom stereocenters. The van der Waals surface area contributed by atoms with Crippen molar-refractivity contribution in [1.82, 2.24) is 0 Å². The molecule has 0 bridgehead atoms. The fourth-order valence-electron chi connectivity index (χ4n) is 3.41. The zero-order valence-corrected chi connectivity index (χ0v) is 14.3. The summed E-state index contributed by atoms with van der Waals surface area (Å²) in [6, 6.07) is 14.0. The summed E-state index contributed by atoms with van der Waals surface area (Å²) in [5.41, 5.74) is 0.486. The Kier molecular flexibility index (Phi) is 4.07. The van der Waals surface area contributed by atoms with E-state index in [0.717, 1.165) is 18.4 Å². The zero-order valence-electron chi connectivity index (χ0n) is 14.3. The fraction of sp³-hybridized carbons (Fsp3) is 0.238. The first kappa shape index (κ1) is 16.5. The molecule has 1 atom stereocenters. The van der Waals surface area contributed by atoms with E-state index in [1.165, 1.54) is 19.1 Å². The highest BCUT2D eigenvalue weighted by atomic mass is 19.1. The first-order chi connectivity index (χ1) is 12.6. The van der Waals surface area contributed by atoms with Crippen molar-refractivity contribution in [1.29, 1.82) is 0 Å². The maximum atomic E-state index is 14.1. The summed E-state index contributed by atoms with van der Waals surface area (Å²) in [5.74, 6) is -0.450. The molecule has 132 valence electrons. The van der Waals surface area contributed by atoms with Gasteiger partial charge in [-0.3, -0.25) is 4.79 Å². The number of benzene rings is 2. The van der Waals surface area contributed by atoms with Crippen molar-refractivity contribution in [3.05, 3.63) is 75.9 Å². The molecule has 4 rings (SSSR count). The molecule has 0 radical (unpaired) electrons. The van der Waals surface area contributed by atoms with Crippen molar-refractivity contribution in [3.8, 4) is 0 Å². The van der Waals surface area contributed by atoms with E-state index in [2.05, 4.69) is 5.32 Å². The summed E-state index contributed by atoms with van der Waals surface area (Å²) >= 11 is 0. The van der Waals surface area contributed by atoms with E-state index >= 15 is 0 Å². The van der Waals surface area contributed by atoms with Crippen LogP contribution in [0.3, 0.4) is 0 Å². The van der Waals surface area contributed by atoms with E-state index in [1.807, 2.05) is 30.3 Å². The number of nitrogens with one attached hydrogen (secondary N) is 1. The van der Waals surface area contributed by atoms with E-state index in [0.29, 0.717) is 5.92 Å². The lowest BCUT2D eigenvalue weighted by molar-refractivity contribution is 0.101. The number of ketones is 1. The zero-order chi connectivity index (χ0) is 18.3. The van der Waals surface area contributed by atoms with Crippen LogP contribution >= 0.6 is 0 Å². The number of rotatable bonds is 5. The van der Waals surface area contributed by atoms with Crippen molar-refractivity contribution in [2.45, 2.75) is 25.8 Å². The lowest BCUT2D eigenvalue weighted by Crippen LogP contribution is -2.18. The van der Waals surface area contributed by atoms with E-state index in [-0.39, 0.29) is 34.0 Å². The van der Waals surface area contributed by atoms with Crippen molar-refractivity contribution < 1.29 is 13.6 Å². The molecule has 3 aromatic rings. The van der Waals surface area contributed by atoms with Crippen LogP contribution in [0, 0.1) is 11.7 Å². The normalized spacial score (nSPS) is 15.0. The van der Waals surface area contributed by atoms with Gasteiger partial charge in [0.15, 0.2) is 5.78 Å². The van der Waals surface area contributed by atoms with Crippen LogP contribution in [-0.2, 0) is 0 Å². The van der Waals surface area contributed by atoms with Crippen LogP contribution in [0.1, 0.15) is 41.7 Å². The Morgan fingerprint density at radius 1 is 1.15 bits per heavy atom. The van der Waals surface area contributed by atoms with Gasteiger partial charge in [0.25, 0.3) is 0 Å². The topological polar surface area (TPSA) is 59.3 Å². The average molecular weight is 351 g/mol. The minimum Gasteiger partial charge on any atom is -0.405 e. The van der Waals surface area contributed by atoms with Crippen LogP contribution < -0.4 is 10.9 Å². The van der Waals surface area contributed by atoms with Crippen LogP contribution in [0.4, 0.5) is 10.3 Å². The van der Waals surface area contributed by atoms with Gasteiger partial charge >= 0.3 is 5.63 Å². The Bertz CT molecular complexity index is 1040. The molecule has 1 N–H and O–H groups in total. The Morgan fingerprint density at radius 2 is 1.88 bits per heavy atom. The van der Waals surface area contributed by atoms with Crippen LogP contribution in [0.5, 0.6) is 0 Å². The molecule has 26 heavy (non-hydrogen) atoms. The molecule has 0 spiro atoms. The molecule has 1 aliphatic carbocycles. The molecule has 2 aromatic carbocycles. The number of carbonyl (C=O) groups is 1. The monoisotopic (exact) mass is 351 g/mol. The fourth-order valence-corrected chi connectivity index (χ4v) is 3.41. The molecule has 0 saturated heterocycles. The lowest BCUT2D eigenvalue weighted by Gasteiger charge is -2.21. The number of anilines is 1. The van der Waals surface area contributed by atoms with E-state index in [1.54, 1.807) is 6.07 Å². The van der Waals surface area contributed by atoms with E-state index < -0.39 is 11.4 Å². The number of Topliss-reactive ketones (excluding diaryl/α,β-unsaturated/α-hetero) is 1. The molecule has 0 amide bonds. The molecule has 5 heteroatoms. The third-order valence-corrected chi connectivity index (χ3v) is 4.80. The smallest absolute Gasteiger partial charge is 0.348 e. The molecule has 1 heterocycles. The number of hydrogen-bond donors (Lipinski definition) is 1. The Morgan fingerprint density at radius 3 is 2.54 bits per heavy atom. The SMILES string of the molecule is CC(=O)c1c(NC(c2ccccc2)C2CC2)oc(=O)c2c(F)cccc12. The summed E-state index contributed by atoms with van der Waals surface area (Å²) in [7, 11) is 0. The Hall–Kier alpha value is -2.95. The molecular formula is C21H18FNO3. The summed E-state index contributed by atoms with van der Waals surface area (Å²) in [5, 5.41) is 3.34. The van der Waals surface area contributed by atoms with Crippen molar-refractivity contribution in [2.75, 3.05) is 5.32 Å². The standard InChI is InChI=1S/C21H18FNO3/c1-12(24)17-15-8-5-9-16(22)18(15)21(25)26-20(17)23-19(14-10-11-14)13-6-3-2-4-7-13/h2-9,14,19,23H,10-11H2,1H3. The minimum absolute atomic E-state index is 0.0662. The van der Waals surface area contributed by atoms with Crippen LogP contribution in [0.25, 0.3) is 10.8 Å². The van der Waals surface area contributed by atoms with Crippen molar-refractivity contribution in [3.63, 3.8) is 0 Å². The van der Waals surface area contributed by atoms with Gasteiger partial charge in [-0.15, -0.1) is 0 Å². The molecule has 0 aliphatic heterocycles. The number of fused-ring (bicyclic) bond motifs is 1. The second-order valence-corrected chi connectivity index (χ2v) is 6.68. The molecule has 1 fully saturated rings. The second kappa shape index (κ2) is 6.41. The van der Waals surface area contributed by atoms with Gasteiger partial charge in [-0.2, -0.15) is 0 Å². The third kappa shape index (κ3) is 2.90. The van der Waals surface area contributed by atoms with E-state index in [4.69, 9.17) is 4.42 Å². The number of hydrogen-bond acceptors (Lipinski definition) is 4. The van der Waals surface area contributed by atoms with Gasteiger partial charge in [0.1, 0.15) is 11.2 Å². The number of halogens is 1. The summed E-state index contributed by atoms with van der Waals surface area (Å²) in [6.45, 7) is 1.39. The van der Waals surface area contributed by atoms with Gasteiger partial charge in [0.05, 0.1) is 11.6 Å².